The van der Waals surface area contributed by atoms with E-state index >= 15 is 0 Å². The van der Waals surface area contributed by atoms with Gasteiger partial charge in [0.2, 0.25) is 0 Å². The lowest BCUT2D eigenvalue weighted by atomic mass is 10.1. The van der Waals surface area contributed by atoms with Crippen molar-refractivity contribution in [2.75, 3.05) is 19.7 Å². The zero-order valence-electron chi connectivity index (χ0n) is 15.9. The number of unbranched alkanes of at least 4 members (excludes halogenated alkanes) is 3. The Hall–Kier alpha value is -2.04. The number of esters is 1. The van der Waals surface area contributed by atoms with Crippen molar-refractivity contribution in [2.45, 2.75) is 58.9 Å². The first-order valence-corrected chi connectivity index (χ1v) is 9.42. The highest BCUT2D eigenvalue weighted by Gasteiger charge is 2.06. The Labute approximate surface area is 152 Å². The van der Waals surface area contributed by atoms with Gasteiger partial charge in [-0.2, -0.15) is 0 Å². The highest BCUT2D eigenvalue weighted by Crippen LogP contribution is 2.10. The SMILES string of the molecule is CCNC(=NCCCCCCC(=O)OCC)NC(C)c1ccccc1. The summed E-state index contributed by atoms with van der Waals surface area (Å²) in [6.45, 7) is 8.14. The number of carbonyl (C=O) groups is 1. The van der Waals surface area contributed by atoms with Crippen LogP contribution in [0.25, 0.3) is 0 Å². The van der Waals surface area contributed by atoms with Gasteiger partial charge in [0.05, 0.1) is 12.6 Å². The van der Waals surface area contributed by atoms with Crippen molar-refractivity contribution in [1.82, 2.24) is 10.6 Å². The third-order valence-corrected chi connectivity index (χ3v) is 3.86. The fraction of sp³-hybridized carbons (Fsp3) is 0.600. The number of carbonyl (C=O) groups excluding carboxylic acids is 1. The van der Waals surface area contributed by atoms with Gasteiger partial charge in [-0.05, 0) is 39.2 Å². The van der Waals surface area contributed by atoms with Crippen molar-refractivity contribution >= 4 is 11.9 Å². The van der Waals surface area contributed by atoms with Crippen LogP contribution in [-0.2, 0) is 9.53 Å². The molecule has 0 aliphatic rings. The zero-order valence-corrected chi connectivity index (χ0v) is 15.9. The molecule has 0 fully saturated rings. The minimum atomic E-state index is -0.0888. The number of hydrogen-bond donors (Lipinski definition) is 2. The molecule has 1 aromatic carbocycles. The van der Waals surface area contributed by atoms with Crippen molar-refractivity contribution < 1.29 is 9.53 Å². The quantitative estimate of drug-likeness (QED) is 0.276. The molecule has 0 spiro atoms. The fourth-order valence-electron chi connectivity index (χ4n) is 2.51. The van der Waals surface area contributed by atoms with E-state index in [9.17, 15) is 4.79 Å². The number of rotatable bonds is 11. The number of benzene rings is 1. The summed E-state index contributed by atoms with van der Waals surface area (Å²) in [6, 6.07) is 10.6. The van der Waals surface area contributed by atoms with Crippen molar-refractivity contribution in [2.24, 2.45) is 4.99 Å². The molecule has 0 amide bonds. The van der Waals surface area contributed by atoms with Crippen LogP contribution in [0.1, 0.15) is 64.5 Å². The van der Waals surface area contributed by atoms with Crippen LogP contribution in [0.15, 0.2) is 35.3 Å². The molecule has 0 saturated carbocycles. The Morgan fingerprint density at radius 1 is 1.12 bits per heavy atom. The summed E-state index contributed by atoms with van der Waals surface area (Å²) < 4.78 is 4.92. The van der Waals surface area contributed by atoms with Crippen LogP contribution >= 0.6 is 0 Å². The normalized spacial score (nSPS) is 12.5. The number of nitrogens with zero attached hydrogens (tertiary/aromatic N) is 1. The van der Waals surface area contributed by atoms with Gasteiger partial charge >= 0.3 is 5.97 Å². The van der Waals surface area contributed by atoms with E-state index in [1.807, 2.05) is 25.1 Å². The first-order valence-electron chi connectivity index (χ1n) is 9.42. The molecule has 0 saturated heterocycles. The van der Waals surface area contributed by atoms with Crippen molar-refractivity contribution in [3.8, 4) is 0 Å². The second-order valence-electron chi connectivity index (χ2n) is 6.01. The molecule has 0 heterocycles. The third kappa shape index (κ3) is 9.75. The molecule has 0 aromatic heterocycles. The van der Waals surface area contributed by atoms with E-state index in [2.05, 4.69) is 41.6 Å². The van der Waals surface area contributed by atoms with E-state index in [0.717, 1.165) is 44.7 Å². The Bertz CT molecular complexity index is 503. The lowest BCUT2D eigenvalue weighted by Gasteiger charge is -2.18. The van der Waals surface area contributed by atoms with Gasteiger partial charge < -0.3 is 15.4 Å². The van der Waals surface area contributed by atoms with Crippen LogP contribution < -0.4 is 10.6 Å². The largest absolute Gasteiger partial charge is 0.466 e. The monoisotopic (exact) mass is 347 g/mol. The van der Waals surface area contributed by atoms with Crippen molar-refractivity contribution in [3.63, 3.8) is 0 Å². The molecule has 1 unspecified atom stereocenters. The molecule has 0 radical (unpaired) electrons. The van der Waals surface area contributed by atoms with Crippen LogP contribution in [0, 0.1) is 0 Å². The number of guanidine groups is 1. The Morgan fingerprint density at radius 2 is 1.84 bits per heavy atom. The van der Waals surface area contributed by atoms with Gasteiger partial charge in [-0.25, -0.2) is 0 Å². The van der Waals surface area contributed by atoms with Gasteiger partial charge in [-0.15, -0.1) is 0 Å². The molecule has 140 valence electrons. The zero-order chi connectivity index (χ0) is 18.3. The Kier molecular flexibility index (Phi) is 11.2. The average molecular weight is 348 g/mol. The maximum absolute atomic E-state index is 11.3. The van der Waals surface area contributed by atoms with E-state index in [-0.39, 0.29) is 12.0 Å². The number of ether oxygens (including phenoxy) is 1. The number of nitrogens with one attached hydrogen (secondary N) is 2. The van der Waals surface area contributed by atoms with Gasteiger partial charge in [0.25, 0.3) is 0 Å². The molecule has 25 heavy (non-hydrogen) atoms. The molecule has 1 aromatic rings. The Balaban J connectivity index is 2.27. The molecule has 2 N–H and O–H groups in total. The first-order chi connectivity index (χ1) is 12.2. The van der Waals surface area contributed by atoms with Gasteiger partial charge in [-0.3, -0.25) is 9.79 Å². The standard InChI is InChI=1S/C20H33N3O2/c1-4-21-20(23-17(3)18-13-9-8-10-14-18)22-16-12-7-6-11-15-19(24)25-5-2/h8-10,13-14,17H,4-7,11-12,15-16H2,1-3H3,(H2,21,22,23). The Morgan fingerprint density at radius 3 is 2.52 bits per heavy atom. The fourth-order valence-corrected chi connectivity index (χ4v) is 2.51. The maximum Gasteiger partial charge on any atom is 0.305 e. The summed E-state index contributed by atoms with van der Waals surface area (Å²) in [5.41, 5.74) is 1.24. The molecule has 5 heteroatoms. The number of aliphatic imine (C=N–C) groups is 1. The predicted octanol–water partition coefficient (Wildman–Crippen LogP) is 3.82. The summed E-state index contributed by atoms with van der Waals surface area (Å²) in [7, 11) is 0. The van der Waals surface area contributed by atoms with Gasteiger partial charge in [0.1, 0.15) is 0 Å². The third-order valence-electron chi connectivity index (χ3n) is 3.86. The molecule has 1 atom stereocenters. The highest BCUT2D eigenvalue weighted by atomic mass is 16.5. The topological polar surface area (TPSA) is 62.7 Å². The van der Waals surface area contributed by atoms with E-state index in [1.165, 1.54) is 5.56 Å². The van der Waals surface area contributed by atoms with Crippen LogP contribution in [0.2, 0.25) is 0 Å². The molecular weight excluding hydrogens is 314 g/mol. The van der Waals surface area contributed by atoms with Crippen LogP contribution in [0.3, 0.4) is 0 Å². The lowest BCUT2D eigenvalue weighted by molar-refractivity contribution is -0.143. The number of hydrogen-bond acceptors (Lipinski definition) is 3. The minimum absolute atomic E-state index is 0.0888. The maximum atomic E-state index is 11.3. The van der Waals surface area contributed by atoms with Crippen molar-refractivity contribution in [3.05, 3.63) is 35.9 Å². The summed E-state index contributed by atoms with van der Waals surface area (Å²) >= 11 is 0. The smallest absolute Gasteiger partial charge is 0.305 e. The predicted molar refractivity (Wildman–Crippen MR) is 104 cm³/mol. The minimum Gasteiger partial charge on any atom is -0.466 e. The summed E-state index contributed by atoms with van der Waals surface area (Å²) in [5, 5.41) is 6.73. The average Bonchev–Trinajstić information content (AvgIpc) is 2.62. The summed E-state index contributed by atoms with van der Waals surface area (Å²) in [5.74, 6) is 0.763. The van der Waals surface area contributed by atoms with Gasteiger partial charge in [0, 0.05) is 19.5 Å². The van der Waals surface area contributed by atoms with E-state index in [1.54, 1.807) is 0 Å². The molecule has 1 rings (SSSR count). The van der Waals surface area contributed by atoms with Crippen LogP contribution in [0.5, 0.6) is 0 Å². The van der Waals surface area contributed by atoms with Gasteiger partial charge in [-0.1, -0.05) is 43.2 Å². The van der Waals surface area contributed by atoms with Gasteiger partial charge in [0.15, 0.2) is 5.96 Å². The van der Waals surface area contributed by atoms with E-state index in [4.69, 9.17) is 4.74 Å². The molecule has 0 aliphatic carbocycles. The second-order valence-corrected chi connectivity index (χ2v) is 6.01. The molecule has 0 aliphatic heterocycles. The van der Waals surface area contributed by atoms with E-state index in [0.29, 0.717) is 13.0 Å². The van der Waals surface area contributed by atoms with Crippen molar-refractivity contribution in [1.29, 1.82) is 0 Å². The van der Waals surface area contributed by atoms with Crippen LogP contribution in [-0.4, -0.2) is 31.6 Å². The lowest BCUT2D eigenvalue weighted by Crippen LogP contribution is -2.38. The highest BCUT2D eigenvalue weighted by molar-refractivity contribution is 5.80. The summed E-state index contributed by atoms with van der Waals surface area (Å²) in [6.07, 6.45) is 4.57. The van der Waals surface area contributed by atoms with Crippen LogP contribution in [0.4, 0.5) is 0 Å². The molecule has 5 nitrogen and oxygen atoms in total. The summed E-state index contributed by atoms with van der Waals surface area (Å²) in [4.78, 5) is 15.9. The second kappa shape index (κ2) is 13.3. The molecule has 0 bridgehead atoms. The molecular formula is C20H33N3O2. The first kappa shape index (κ1) is 21.0. The van der Waals surface area contributed by atoms with E-state index < -0.39 is 0 Å².